The highest BCUT2D eigenvalue weighted by atomic mass is 19.1. The van der Waals surface area contributed by atoms with Crippen LogP contribution in [0.15, 0.2) is 18.2 Å². The average molecular weight is 321 g/mol. The molecule has 124 valence electrons. The largest absolute Gasteiger partial charge is 0.481 e. The zero-order valence-electron chi connectivity index (χ0n) is 13.0. The van der Waals surface area contributed by atoms with Crippen molar-refractivity contribution in [1.29, 1.82) is 0 Å². The fourth-order valence-corrected chi connectivity index (χ4v) is 3.10. The first-order valence-corrected chi connectivity index (χ1v) is 7.72. The first-order chi connectivity index (χ1) is 11.1. The molecule has 1 aliphatic heterocycles. The number of benzene rings is 1. The summed E-state index contributed by atoms with van der Waals surface area (Å²) in [6.45, 7) is 1.51. The number of ether oxygens (including phenoxy) is 1. The number of aliphatic carboxylic acids is 1. The van der Waals surface area contributed by atoms with Gasteiger partial charge in [-0.25, -0.2) is 9.37 Å². The fourth-order valence-electron chi connectivity index (χ4n) is 3.10. The molecule has 3 rings (SSSR count). The Bertz CT molecular complexity index is 710. The smallest absolute Gasteiger partial charge is 0.308 e. The maximum atomic E-state index is 13.3. The molecule has 2 aromatic rings. The van der Waals surface area contributed by atoms with E-state index in [2.05, 4.69) is 10.3 Å². The van der Waals surface area contributed by atoms with Crippen molar-refractivity contribution in [1.82, 2.24) is 9.55 Å². The summed E-state index contributed by atoms with van der Waals surface area (Å²) in [5, 5.41) is 12.6. The van der Waals surface area contributed by atoms with Gasteiger partial charge in [0.1, 0.15) is 5.82 Å². The van der Waals surface area contributed by atoms with E-state index in [9.17, 15) is 14.3 Å². The van der Waals surface area contributed by atoms with Crippen molar-refractivity contribution >= 4 is 23.0 Å². The maximum Gasteiger partial charge on any atom is 0.308 e. The minimum Gasteiger partial charge on any atom is -0.481 e. The monoisotopic (exact) mass is 321 g/mol. The van der Waals surface area contributed by atoms with Crippen molar-refractivity contribution in [2.75, 3.05) is 25.1 Å². The molecule has 23 heavy (non-hydrogen) atoms. The zero-order valence-corrected chi connectivity index (χ0v) is 13.0. The summed E-state index contributed by atoms with van der Waals surface area (Å²) in [5.74, 6) is -0.980. The van der Waals surface area contributed by atoms with Crippen molar-refractivity contribution in [3.05, 3.63) is 24.0 Å². The Morgan fingerprint density at radius 3 is 2.96 bits per heavy atom. The summed E-state index contributed by atoms with van der Waals surface area (Å²) in [7, 11) is 1.78. The summed E-state index contributed by atoms with van der Waals surface area (Å²) in [6.07, 6.45) is 1.51. The van der Waals surface area contributed by atoms with Crippen LogP contribution in [0, 0.1) is 17.7 Å². The Morgan fingerprint density at radius 2 is 2.26 bits per heavy atom. The number of carboxylic acids is 1. The number of nitrogens with zero attached hydrogens (tertiary/aromatic N) is 2. The Kier molecular flexibility index (Phi) is 4.47. The molecule has 0 bridgehead atoms. The second-order valence-corrected chi connectivity index (χ2v) is 5.90. The summed E-state index contributed by atoms with van der Waals surface area (Å²) in [5.41, 5.74) is 1.35. The van der Waals surface area contributed by atoms with Gasteiger partial charge in [0.05, 0.1) is 17.0 Å². The standard InChI is InChI=1S/C16H20FN3O3/c1-20-14-8-11(17)2-3-13(14)19-16(20)18-9-12(15(21)22)10-4-6-23-7-5-10/h2-3,8,10,12H,4-7,9H2,1H3,(H,18,19)(H,21,22). The molecule has 1 unspecified atom stereocenters. The molecule has 2 heterocycles. The molecule has 0 saturated carbocycles. The highest BCUT2D eigenvalue weighted by molar-refractivity contribution is 5.78. The molecule has 7 heteroatoms. The number of nitrogens with one attached hydrogen (secondary N) is 1. The molecular weight excluding hydrogens is 301 g/mol. The average Bonchev–Trinajstić information content (AvgIpc) is 2.85. The third-order valence-corrected chi connectivity index (χ3v) is 4.48. The van der Waals surface area contributed by atoms with Gasteiger partial charge >= 0.3 is 5.97 Å². The number of rotatable bonds is 5. The first-order valence-electron chi connectivity index (χ1n) is 7.72. The maximum absolute atomic E-state index is 13.3. The topological polar surface area (TPSA) is 76.4 Å². The van der Waals surface area contributed by atoms with Gasteiger partial charge in [-0.05, 0) is 37.0 Å². The van der Waals surface area contributed by atoms with Crippen molar-refractivity contribution in [2.24, 2.45) is 18.9 Å². The second-order valence-electron chi connectivity index (χ2n) is 5.90. The number of carboxylic acid groups (broad SMARTS) is 1. The van der Waals surface area contributed by atoms with Gasteiger partial charge in [-0.15, -0.1) is 0 Å². The van der Waals surface area contributed by atoms with E-state index >= 15 is 0 Å². The molecule has 2 N–H and O–H groups in total. The third-order valence-electron chi connectivity index (χ3n) is 4.48. The van der Waals surface area contributed by atoms with Crippen LogP contribution in [0.4, 0.5) is 10.3 Å². The van der Waals surface area contributed by atoms with Gasteiger partial charge in [0.15, 0.2) is 0 Å². The molecular formula is C16H20FN3O3. The second kappa shape index (κ2) is 6.54. The minimum absolute atomic E-state index is 0.0980. The highest BCUT2D eigenvalue weighted by Gasteiger charge is 2.29. The quantitative estimate of drug-likeness (QED) is 0.883. The Labute approximate surface area is 133 Å². The van der Waals surface area contributed by atoms with Crippen molar-refractivity contribution in [3.8, 4) is 0 Å². The van der Waals surface area contributed by atoms with Crippen LogP contribution in [0.1, 0.15) is 12.8 Å². The van der Waals surface area contributed by atoms with Gasteiger partial charge in [-0.3, -0.25) is 4.79 Å². The number of aromatic nitrogens is 2. The molecule has 1 fully saturated rings. The van der Waals surface area contributed by atoms with Crippen LogP contribution in [0.3, 0.4) is 0 Å². The number of anilines is 1. The number of carbonyl (C=O) groups is 1. The van der Waals surface area contributed by atoms with Crippen LogP contribution >= 0.6 is 0 Å². The van der Waals surface area contributed by atoms with Gasteiger partial charge in [0.2, 0.25) is 5.95 Å². The van der Waals surface area contributed by atoms with Gasteiger partial charge in [-0.2, -0.15) is 0 Å². The normalized spacial score (nSPS) is 17.3. The summed E-state index contributed by atoms with van der Waals surface area (Å²) in [6, 6.07) is 4.39. The SMILES string of the molecule is Cn1c(NCC(C(=O)O)C2CCOCC2)nc2ccc(F)cc21. The van der Waals surface area contributed by atoms with E-state index in [0.29, 0.717) is 36.7 Å². The first kappa shape index (κ1) is 15.7. The van der Waals surface area contributed by atoms with Crippen LogP contribution in [0.25, 0.3) is 11.0 Å². The van der Waals surface area contributed by atoms with Crippen molar-refractivity contribution in [2.45, 2.75) is 12.8 Å². The zero-order chi connectivity index (χ0) is 16.4. The Hall–Kier alpha value is -2.15. The molecule has 1 aliphatic rings. The molecule has 6 nitrogen and oxygen atoms in total. The summed E-state index contributed by atoms with van der Waals surface area (Å²) < 4.78 is 20.4. The van der Waals surface area contributed by atoms with Gasteiger partial charge in [-0.1, -0.05) is 0 Å². The Balaban J connectivity index is 1.75. The van der Waals surface area contributed by atoms with Gasteiger partial charge in [0.25, 0.3) is 0 Å². The number of fused-ring (bicyclic) bond motifs is 1. The number of aryl methyl sites for hydroxylation is 1. The van der Waals surface area contributed by atoms with Crippen LogP contribution in [0.2, 0.25) is 0 Å². The van der Waals surface area contributed by atoms with Crippen LogP contribution in [-0.4, -0.2) is 40.4 Å². The van der Waals surface area contributed by atoms with Gasteiger partial charge in [0, 0.05) is 26.8 Å². The Morgan fingerprint density at radius 1 is 1.52 bits per heavy atom. The van der Waals surface area contributed by atoms with Crippen molar-refractivity contribution < 1.29 is 19.0 Å². The van der Waals surface area contributed by atoms with Crippen molar-refractivity contribution in [3.63, 3.8) is 0 Å². The fraction of sp³-hybridized carbons (Fsp3) is 0.500. The van der Waals surface area contributed by atoms with E-state index in [1.54, 1.807) is 17.7 Å². The lowest BCUT2D eigenvalue weighted by Gasteiger charge is -2.27. The van der Waals surface area contributed by atoms with Gasteiger partial charge < -0.3 is 19.7 Å². The van der Waals surface area contributed by atoms with E-state index in [4.69, 9.17) is 4.74 Å². The minimum atomic E-state index is -0.811. The van der Waals surface area contributed by atoms with E-state index < -0.39 is 11.9 Å². The molecule has 0 spiro atoms. The molecule has 1 atom stereocenters. The number of hydrogen-bond acceptors (Lipinski definition) is 4. The molecule has 0 radical (unpaired) electrons. The van der Waals surface area contributed by atoms with Crippen LogP contribution < -0.4 is 5.32 Å². The highest BCUT2D eigenvalue weighted by Crippen LogP contribution is 2.25. The number of imidazole rings is 1. The lowest BCUT2D eigenvalue weighted by Crippen LogP contribution is -2.34. The van der Waals surface area contributed by atoms with Crippen LogP contribution in [0.5, 0.6) is 0 Å². The lowest BCUT2D eigenvalue weighted by molar-refractivity contribution is -0.144. The van der Waals surface area contributed by atoms with E-state index in [1.165, 1.54) is 12.1 Å². The molecule has 1 aromatic heterocycles. The molecule has 1 saturated heterocycles. The van der Waals surface area contributed by atoms with E-state index in [0.717, 1.165) is 12.8 Å². The van der Waals surface area contributed by atoms with E-state index in [-0.39, 0.29) is 11.7 Å². The lowest BCUT2D eigenvalue weighted by atomic mass is 9.86. The molecule has 1 aromatic carbocycles. The number of halogens is 1. The molecule has 0 aliphatic carbocycles. The molecule has 0 amide bonds. The summed E-state index contributed by atoms with van der Waals surface area (Å²) in [4.78, 5) is 16.0. The van der Waals surface area contributed by atoms with E-state index in [1.807, 2.05) is 0 Å². The third kappa shape index (κ3) is 3.29. The summed E-state index contributed by atoms with van der Waals surface area (Å²) >= 11 is 0. The number of hydrogen-bond donors (Lipinski definition) is 2. The predicted molar refractivity (Wildman–Crippen MR) is 83.8 cm³/mol. The predicted octanol–water partition coefficient (Wildman–Crippen LogP) is 2.25. The van der Waals surface area contributed by atoms with Crippen LogP contribution in [-0.2, 0) is 16.6 Å².